The molecule has 1 heterocycles. The number of benzene rings is 1. The Labute approximate surface area is 145 Å². The van der Waals surface area contributed by atoms with Gasteiger partial charge in [0, 0.05) is 4.88 Å². The molecule has 0 aliphatic heterocycles. The molecule has 5 nitrogen and oxygen atoms in total. The number of hydrogen-bond acceptors (Lipinski definition) is 5. The lowest BCUT2D eigenvalue weighted by molar-refractivity contribution is 0.0959. The van der Waals surface area contributed by atoms with Crippen molar-refractivity contribution in [2.24, 2.45) is 11.0 Å². The summed E-state index contributed by atoms with van der Waals surface area (Å²) in [7, 11) is 1.49. The minimum Gasteiger partial charge on any atom is -0.504 e. The number of aryl methyl sites for hydroxylation is 1. The highest BCUT2D eigenvalue weighted by Gasteiger charge is 2.20. The Morgan fingerprint density at radius 3 is 3.04 bits per heavy atom. The fourth-order valence-corrected chi connectivity index (χ4v) is 3.92. The van der Waals surface area contributed by atoms with Crippen LogP contribution in [0.2, 0.25) is 0 Å². The van der Waals surface area contributed by atoms with E-state index in [1.807, 2.05) is 6.07 Å². The van der Waals surface area contributed by atoms with E-state index in [1.165, 1.54) is 36.3 Å². The largest absolute Gasteiger partial charge is 0.504 e. The van der Waals surface area contributed by atoms with Crippen molar-refractivity contribution in [3.8, 4) is 11.5 Å². The average molecular weight is 344 g/mol. The predicted octanol–water partition coefficient (Wildman–Crippen LogP) is 3.35. The summed E-state index contributed by atoms with van der Waals surface area (Å²) in [5.41, 5.74) is 4.52. The zero-order valence-corrected chi connectivity index (χ0v) is 14.5. The van der Waals surface area contributed by atoms with E-state index in [0.29, 0.717) is 22.1 Å². The van der Waals surface area contributed by atoms with Crippen molar-refractivity contribution in [3.05, 3.63) is 45.1 Å². The third kappa shape index (κ3) is 3.59. The summed E-state index contributed by atoms with van der Waals surface area (Å²) < 4.78 is 4.98. The van der Waals surface area contributed by atoms with Gasteiger partial charge in [0.1, 0.15) is 0 Å². The van der Waals surface area contributed by atoms with Crippen molar-refractivity contribution in [1.82, 2.24) is 5.43 Å². The van der Waals surface area contributed by atoms with E-state index in [1.54, 1.807) is 23.5 Å². The molecule has 1 amide bonds. The van der Waals surface area contributed by atoms with Gasteiger partial charge in [-0.25, -0.2) is 5.43 Å². The second kappa shape index (κ2) is 7.05. The highest BCUT2D eigenvalue weighted by Crippen LogP contribution is 2.32. The molecule has 2 aromatic rings. The Morgan fingerprint density at radius 2 is 2.29 bits per heavy atom. The third-order valence-electron chi connectivity index (χ3n) is 4.14. The zero-order valence-electron chi connectivity index (χ0n) is 13.7. The van der Waals surface area contributed by atoms with Crippen molar-refractivity contribution in [1.29, 1.82) is 0 Å². The van der Waals surface area contributed by atoms with Crippen LogP contribution in [0.1, 0.15) is 39.0 Å². The monoisotopic (exact) mass is 344 g/mol. The highest BCUT2D eigenvalue weighted by atomic mass is 32.1. The van der Waals surface area contributed by atoms with Crippen molar-refractivity contribution in [3.63, 3.8) is 0 Å². The van der Waals surface area contributed by atoms with Gasteiger partial charge < -0.3 is 9.84 Å². The number of amides is 1. The highest BCUT2D eigenvalue weighted by molar-refractivity contribution is 7.14. The van der Waals surface area contributed by atoms with E-state index in [9.17, 15) is 9.90 Å². The maximum absolute atomic E-state index is 12.2. The third-order valence-corrected chi connectivity index (χ3v) is 5.37. The summed E-state index contributed by atoms with van der Waals surface area (Å²) >= 11 is 1.56. The van der Waals surface area contributed by atoms with Crippen LogP contribution in [-0.2, 0) is 12.8 Å². The Balaban J connectivity index is 1.64. The molecule has 0 bridgehead atoms. The summed E-state index contributed by atoms with van der Waals surface area (Å²) in [5, 5.41) is 13.7. The molecular weight excluding hydrogens is 324 g/mol. The van der Waals surface area contributed by atoms with Crippen LogP contribution in [0.5, 0.6) is 11.5 Å². The van der Waals surface area contributed by atoms with Crippen LogP contribution in [0.4, 0.5) is 0 Å². The van der Waals surface area contributed by atoms with Crippen LogP contribution in [0.15, 0.2) is 29.4 Å². The first-order valence-electron chi connectivity index (χ1n) is 7.89. The fraction of sp³-hybridized carbons (Fsp3) is 0.333. The molecule has 1 atom stereocenters. The number of methoxy groups -OCH3 is 1. The molecule has 2 N–H and O–H groups in total. The maximum atomic E-state index is 12.2. The molecule has 0 saturated heterocycles. The summed E-state index contributed by atoms with van der Waals surface area (Å²) in [5.74, 6) is 0.919. The van der Waals surface area contributed by atoms with Crippen LogP contribution in [-0.4, -0.2) is 24.3 Å². The molecule has 0 fully saturated rings. The van der Waals surface area contributed by atoms with E-state index >= 15 is 0 Å². The van der Waals surface area contributed by atoms with E-state index in [4.69, 9.17) is 4.74 Å². The Kier molecular flexibility index (Phi) is 4.85. The number of carbonyl (C=O) groups excluding carboxylic acids is 1. The van der Waals surface area contributed by atoms with Crippen molar-refractivity contribution < 1.29 is 14.6 Å². The van der Waals surface area contributed by atoms with Crippen LogP contribution in [0, 0.1) is 5.92 Å². The van der Waals surface area contributed by atoms with E-state index < -0.39 is 0 Å². The first-order valence-corrected chi connectivity index (χ1v) is 8.70. The molecule has 0 radical (unpaired) electrons. The van der Waals surface area contributed by atoms with Crippen molar-refractivity contribution in [2.75, 3.05) is 7.11 Å². The fourth-order valence-electron chi connectivity index (χ4n) is 2.83. The van der Waals surface area contributed by atoms with E-state index in [0.717, 1.165) is 12.8 Å². The summed E-state index contributed by atoms with van der Waals surface area (Å²) in [4.78, 5) is 14.2. The van der Waals surface area contributed by atoms with Gasteiger partial charge in [0.15, 0.2) is 11.5 Å². The van der Waals surface area contributed by atoms with Gasteiger partial charge in [0.25, 0.3) is 5.91 Å². The van der Waals surface area contributed by atoms with Crippen LogP contribution in [0.25, 0.3) is 0 Å². The lowest BCUT2D eigenvalue weighted by Gasteiger charge is -2.16. The Hall–Kier alpha value is -2.34. The van der Waals surface area contributed by atoms with Gasteiger partial charge in [-0.2, -0.15) is 5.10 Å². The second-order valence-electron chi connectivity index (χ2n) is 6.04. The SMILES string of the molecule is COc1ccc(/C=N\NC(=O)c2cc3c(s2)CC[C@H](C)C3)cc1O. The first kappa shape index (κ1) is 16.5. The minimum atomic E-state index is -0.198. The molecular formula is C18H20N2O3S. The number of nitrogens with zero attached hydrogens (tertiary/aromatic N) is 1. The summed E-state index contributed by atoms with van der Waals surface area (Å²) in [6, 6.07) is 6.91. The van der Waals surface area contributed by atoms with Crippen molar-refractivity contribution in [2.45, 2.75) is 26.2 Å². The molecule has 126 valence electrons. The number of ether oxygens (including phenoxy) is 1. The molecule has 1 aliphatic carbocycles. The molecule has 1 aliphatic rings. The zero-order chi connectivity index (χ0) is 17.1. The van der Waals surface area contributed by atoms with Gasteiger partial charge >= 0.3 is 0 Å². The van der Waals surface area contributed by atoms with Gasteiger partial charge in [0.05, 0.1) is 18.2 Å². The number of phenols is 1. The molecule has 0 unspecified atom stereocenters. The summed E-state index contributed by atoms with van der Waals surface area (Å²) in [6.45, 7) is 2.24. The number of nitrogens with one attached hydrogen (secondary N) is 1. The number of fused-ring (bicyclic) bond motifs is 1. The molecule has 6 heteroatoms. The number of hydrazone groups is 1. The smallest absolute Gasteiger partial charge is 0.281 e. The molecule has 1 aromatic heterocycles. The quantitative estimate of drug-likeness (QED) is 0.660. The minimum absolute atomic E-state index is 0.0350. The van der Waals surface area contributed by atoms with Gasteiger partial charge in [-0.15, -0.1) is 11.3 Å². The van der Waals surface area contributed by atoms with Gasteiger partial charge in [0.2, 0.25) is 0 Å². The topological polar surface area (TPSA) is 70.9 Å². The second-order valence-corrected chi connectivity index (χ2v) is 7.17. The molecule has 1 aromatic carbocycles. The number of rotatable bonds is 4. The summed E-state index contributed by atoms with van der Waals surface area (Å²) in [6.07, 6.45) is 4.79. The maximum Gasteiger partial charge on any atom is 0.281 e. The van der Waals surface area contributed by atoms with Gasteiger partial charge in [-0.05, 0) is 60.6 Å². The standard InChI is InChI=1S/C18H20N2O3S/c1-11-3-6-16-13(7-11)9-17(24-16)18(22)20-19-10-12-4-5-15(23-2)14(21)8-12/h4-5,8-11,21H,3,6-7H2,1-2H3,(H,20,22)/b19-10-/t11-/m0/s1. The molecule has 24 heavy (non-hydrogen) atoms. The lowest BCUT2D eigenvalue weighted by atomic mass is 9.90. The molecule has 0 saturated carbocycles. The van der Waals surface area contributed by atoms with Crippen molar-refractivity contribution >= 4 is 23.5 Å². The normalized spacial score (nSPS) is 16.8. The Bertz CT molecular complexity index is 783. The van der Waals surface area contributed by atoms with Crippen LogP contribution >= 0.6 is 11.3 Å². The number of thiophene rings is 1. The molecule has 0 spiro atoms. The Morgan fingerprint density at radius 1 is 1.46 bits per heavy atom. The van der Waals surface area contributed by atoms with E-state index in [2.05, 4.69) is 17.5 Å². The lowest BCUT2D eigenvalue weighted by Crippen LogP contribution is -2.16. The first-order chi connectivity index (χ1) is 11.6. The number of carbonyl (C=O) groups is 1. The predicted molar refractivity (Wildman–Crippen MR) is 95.2 cm³/mol. The van der Waals surface area contributed by atoms with Gasteiger partial charge in [-0.3, -0.25) is 4.79 Å². The van der Waals surface area contributed by atoms with E-state index in [-0.39, 0.29) is 11.7 Å². The number of aromatic hydroxyl groups is 1. The number of hydrogen-bond donors (Lipinski definition) is 2. The number of phenolic OH excluding ortho intramolecular Hbond substituents is 1. The van der Waals surface area contributed by atoms with Gasteiger partial charge in [-0.1, -0.05) is 6.92 Å². The average Bonchev–Trinajstić information content (AvgIpc) is 2.98. The van der Waals surface area contributed by atoms with Crippen LogP contribution in [0.3, 0.4) is 0 Å². The van der Waals surface area contributed by atoms with Crippen LogP contribution < -0.4 is 10.2 Å². The molecule has 3 rings (SSSR count).